The molecular formula is C15H23N3O4. The van der Waals surface area contributed by atoms with Crippen molar-refractivity contribution in [1.82, 2.24) is 10.3 Å². The molecular weight excluding hydrogens is 286 g/mol. The molecule has 0 atom stereocenters. The molecule has 2 amide bonds. The van der Waals surface area contributed by atoms with Crippen LogP contribution in [0, 0.1) is 5.92 Å². The van der Waals surface area contributed by atoms with Gasteiger partial charge in [-0.05, 0) is 31.6 Å². The van der Waals surface area contributed by atoms with Crippen molar-refractivity contribution >= 4 is 23.5 Å². The summed E-state index contributed by atoms with van der Waals surface area (Å²) in [6.07, 6.45) is 3.98. The largest absolute Gasteiger partial charge is 0.480 e. The van der Waals surface area contributed by atoms with E-state index in [1.807, 2.05) is 0 Å². The molecule has 1 saturated carbocycles. The van der Waals surface area contributed by atoms with Gasteiger partial charge in [-0.15, -0.1) is 0 Å². The van der Waals surface area contributed by atoms with Crippen molar-refractivity contribution in [3.8, 4) is 0 Å². The van der Waals surface area contributed by atoms with Gasteiger partial charge in [0.1, 0.15) is 11.3 Å². The molecule has 0 aromatic carbocycles. The van der Waals surface area contributed by atoms with E-state index in [0.29, 0.717) is 18.8 Å². The lowest BCUT2D eigenvalue weighted by Gasteiger charge is -2.37. The third-order valence-corrected chi connectivity index (χ3v) is 4.77. The van der Waals surface area contributed by atoms with E-state index in [1.165, 1.54) is 7.05 Å². The van der Waals surface area contributed by atoms with Crippen LogP contribution in [0.2, 0.25) is 0 Å². The fraction of sp³-hybridized carbons (Fsp3) is 0.733. The molecule has 1 fully saturated rings. The summed E-state index contributed by atoms with van der Waals surface area (Å²) in [5.41, 5.74) is -0.981. The standard InChI is InChI=1S/C15H23N3O4/c1-3-10-6-8-15(9-7-10,14(21)22)16-13(20)11-4-5-12(19)18(2)17-11/h10H,3-9H2,1-2H3,(H,16,20)(H,21,22). The van der Waals surface area contributed by atoms with Crippen LogP contribution in [0.3, 0.4) is 0 Å². The summed E-state index contributed by atoms with van der Waals surface area (Å²) in [5, 5.41) is 17.3. The number of hydrogen-bond donors (Lipinski definition) is 2. The molecule has 2 rings (SSSR count). The number of carbonyl (C=O) groups excluding carboxylic acids is 2. The zero-order chi connectivity index (χ0) is 16.3. The number of amides is 2. The number of hydrazone groups is 1. The molecule has 7 heteroatoms. The zero-order valence-corrected chi connectivity index (χ0v) is 13.1. The predicted octanol–water partition coefficient (Wildman–Crippen LogP) is 1.13. The first-order valence-corrected chi connectivity index (χ1v) is 7.78. The van der Waals surface area contributed by atoms with Crippen LogP contribution in [-0.2, 0) is 14.4 Å². The summed E-state index contributed by atoms with van der Waals surface area (Å²) >= 11 is 0. The van der Waals surface area contributed by atoms with Gasteiger partial charge in [-0.25, -0.2) is 9.80 Å². The van der Waals surface area contributed by atoms with Crippen LogP contribution in [0.5, 0.6) is 0 Å². The highest BCUT2D eigenvalue weighted by Gasteiger charge is 2.43. The molecule has 1 aliphatic carbocycles. The second-order valence-electron chi connectivity index (χ2n) is 6.16. The summed E-state index contributed by atoms with van der Waals surface area (Å²) in [6.45, 7) is 2.10. The Morgan fingerprint density at radius 2 is 2.00 bits per heavy atom. The summed E-state index contributed by atoms with van der Waals surface area (Å²) in [6, 6.07) is 0. The molecule has 0 aromatic heterocycles. The van der Waals surface area contributed by atoms with E-state index in [2.05, 4.69) is 17.3 Å². The van der Waals surface area contributed by atoms with Crippen LogP contribution in [0.1, 0.15) is 51.9 Å². The molecule has 0 unspecified atom stereocenters. The Morgan fingerprint density at radius 3 is 2.50 bits per heavy atom. The molecule has 22 heavy (non-hydrogen) atoms. The number of aliphatic carboxylic acids is 1. The van der Waals surface area contributed by atoms with E-state index >= 15 is 0 Å². The van der Waals surface area contributed by atoms with Crippen molar-refractivity contribution in [1.29, 1.82) is 0 Å². The number of nitrogens with zero attached hydrogens (tertiary/aromatic N) is 2. The summed E-state index contributed by atoms with van der Waals surface area (Å²) in [5.74, 6) is -1.08. The first-order chi connectivity index (χ1) is 10.4. The highest BCUT2D eigenvalue weighted by atomic mass is 16.4. The summed E-state index contributed by atoms with van der Waals surface area (Å²) < 4.78 is 0. The van der Waals surface area contributed by atoms with Gasteiger partial charge >= 0.3 is 5.97 Å². The van der Waals surface area contributed by atoms with Crippen LogP contribution < -0.4 is 5.32 Å². The van der Waals surface area contributed by atoms with E-state index < -0.39 is 17.4 Å². The first kappa shape index (κ1) is 16.5. The lowest BCUT2D eigenvalue weighted by molar-refractivity contribution is -0.149. The Labute approximate surface area is 129 Å². The van der Waals surface area contributed by atoms with Crippen molar-refractivity contribution in [3.63, 3.8) is 0 Å². The van der Waals surface area contributed by atoms with Crippen molar-refractivity contribution in [2.24, 2.45) is 11.0 Å². The molecule has 0 spiro atoms. The molecule has 0 radical (unpaired) electrons. The fourth-order valence-electron chi connectivity index (χ4n) is 3.09. The lowest BCUT2D eigenvalue weighted by atomic mass is 9.75. The molecule has 2 aliphatic rings. The van der Waals surface area contributed by atoms with Gasteiger partial charge in [-0.3, -0.25) is 9.59 Å². The highest BCUT2D eigenvalue weighted by Crippen LogP contribution is 2.34. The number of carboxylic acid groups (broad SMARTS) is 1. The van der Waals surface area contributed by atoms with Gasteiger partial charge < -0.3 is 10.4 Å². The fourth-order valence-corrected chi connectivity index (χ4v) is 3.09. The number of carboxylic acids is 1. The van der Waals surface area contributed by atoms with Gasteiger partial charge in [-0.1, -0.05) is 13.3 Å². The Hall–Kier alpha value is -1.92. The third kappa shape index (κ3) is 3.28. The molecule has 7 nitrogen and oxygen atoms in total. The maximum absolute atomic E-state index is 12.3. The smallest absolute Gasteiger partial charge is 0.329 e. The average molecular weight is 309 g/mol. The number of hydrogen-bond acceptors (Lipinski definition) is 4. The van der Waals surface area contributed by atoms with Gasteiger partial charge in [0.25, 0.3) is 5.91 Å². The summed E-state index contributed by atoms with van der Waals surface area (Å²) in [7, 11) is 1.49. The molecule has 0 saturated heterocycles. The van der Waals surface area contributed by atoms with E-state index in [0.717, 1.165) is 24.3 Å². The van der Waals surface area contributed by atoms with Crippen LogP contribution in [0.15, 0.2) is 5.10 Å². The van der Waals surface area contributed by atoms with Gasteiger partial charge in [0.05, 0.1) is 0 Å². The molecule has 2 N–H and O–H groups in total. The van der Waals surface area contributed by atoms with Gasteiger partial charge in [0.15, 0.2) is 0 Å². The lowest BCUT2D eigenvalue weighted by Crippen LogP contribution is -2.58. The van der Waals surface area contributed by atoms with E-state index in [9.17, 15) is 19.5 Å². The zero-order valence-electron chi connectivity index (χ0n) is 13.1. The van der Waals surface area contributed by atoms with Crippen molar-refractivity contribution in [2.45, 2.75) is 57.4 Å². The van der Waals surface area contributed by atoms with Crippen molar-refractivity contribution in [3.05, 3.63) is 0 Å². The Bertz CT molecular complexity index is 507. The van der Waals surface area contributed by atoms with Crippen LogP contribution in [-0.4, -0.2) is 46.2 Å². The molecule has 0 bridgehead atoms. The number of rotatable bonds is 4. The molecule has 0 aromatic rings. The normalized spacial score (nSPS) is 29.0. The Morgan fingerprint density at radius 1 is 1.36 bits per heavy atom. The number of nitrogens with one attached hydrogen (secondary N) is 1. The minimum atomic E-state index is -1.20. The Kier molecular flexibility index (Phi) is 4.83. The quantitative estimate of drug-likeness (QED) is 0.813. The SMILES string of the molecule is CCC1CCC(NC(=O)C2=NN(C)C(=O)CC2)(C(=O)O)CC1. The van der Waals surface area contributed by atoms with Gasteiger partial charge in [0.2, 0.25) is 5.91 Å². The predicted molar refractivity (Wildman–Crippen MR) is 80.2 cm³/mol. The highest BCUT2D eigenvalue weighted by molar-refractivity contribution is 6.40. The monoisotopic (exact) mass is 309 g/mol. The molecule has 1 aliphatic heterocycles. The van der Waals surface area contributed by atoms with Gasteiger partial charge in [0, 0.05) is 19.9 Å². The van der Waals surface area contributed by atoms with Crippen molar-refractivity contribution in [2.75, 3.05) is 7.05 Å². The summed E-state index contributed by atoms with van der Waals surface area (Å²) in [4.78, 5) is 35.4. The topological polar surface area (TPSA) is 99.1 Å². The molecule has 122 valence electrons. The molecule has 1 heterocycles. The van der Waals surface area contributed by atoms with Crippen LogP contribution >= 0.6 is 0 Å². The maximum atomic E-state index is 12.3. The Balaban J connectivity index is 2.09. The third-order valence-electron chi connectivity index (χ3n) is 4.77. The van der Waals surface area contributed by atoms with E-state index in [1.54, 1.807) is 0 Å². The van der Waals surface area contributed by atoms with E-state index in [-0.39, 0.29) is 24.5 Å². The minimum Gasteiger partial charge on any atom is -0.480 e. The van der Waals surface area contributed by atoms with Gasteiger partial charge in [-0.2, -0.15) is 5.10 Å². The second-order valence-corrected chi connectivity index (χ2v) is 6.16. The van der Waals surface area contributed by atoms with Crippen molar-refractivity contribution < 1.29 is 19.5 Å². The second kappa shape index (κ2) is 6.46. The minimum absolute atomic E-state index is 0.145. The average Bonchev–Trinajstić information content (AvgIpc) is 2.50. The number of carbonyl (C=O) groups is 3. The van der Waals surface area contributed by atoms with E-state index in [4.69, 9.17) is 0 Å². The van der Waals surface area contributed by atoms with Crippen LogP contribution in [0.4, 0.5) is 0 Å². The maximum Gasteiger partial charge on any atom is 0.329 e. The van der Waals surface area contributed by atoms with Crippen LogP contribution in [0.25, 0.3) is 0 Å². The first-order valence-electron chi connectivity index (χ1n) is 7.78.